The third-order valence-corrected chi connectivity index (χ3v) is 4.65. The highest BCUT2D eigenvalue weighted by Crippen LogP contribution is 2.29. The van der Waals surface area contributed by atoms with Crippen molar-refractivity contribution < 1.29 is 37.3 Å². The summed E-state index contributed by atoms with van der Waals surface area (Å²) in [5, 5.41) is 1.91. The molecule has 3 amide bonds. The van der Waals surface area contributed by atoms with E-state index in [0.29, 0.717) is 31.7 Å². The van der Waals surface area contributed by atoms with E-state index in [9.17, 15) is 27.6 Å². The number of hydrogen-bond acceptors (Lipinski definition) is 5. The second-order valence-electron chi connectivity index (χ2n) is 7.18. The lowest BCUT2D eigenvalue weighted by Gasteiger charge is -2.28. The van der Waals surface area contributed by atoms with Crippen molar-refractivity contribution in [2.45, 2.75) is 39.0 Å². The van der Waals surface area contributed by atoms with Gasteiger partial charge in [-0.3, -0.25) is 19.8 Å². The third-order valence-electron chi connectivity index (χ3n) is 4.65. The van der Waals surface area contributed by atoms with Gasteiger partial charge >= 0.3 is 18.2 Å². The molecule has 8 nitrogen and oxygen atoms in total. The highest BCUT2D eigenvalue weighted by atomic mass is 19.4. The summed E-state index contributed by atoms with van der Waals surface area (Å²) < 4.78 is 43.2. The predicted octanol–water partition coefficient (Wildman–Crippen LogP) is 1.50. The van der Waals surface area contributed by atoms with Gasteiger partial charge in [0.25, 0.3) is 11.7 Å². The number of halogens is 3. The molecule has 1 aliphatic rings. The summed E-state index contributed by atoms with van der Waals surface area (Å²) in [6, 6.07) is 1.32. The zero-order valence-electron chi connectivity index (χ0n) is 16.1. The number of primary amides is 1. The lowest BCUT2D eigenvalue weighted by molar-refractivity contribution is -0.367. The Morgan fingerprint density at radius 1 is 1.24 bits per heavy atom. The van der Waals surface area contributed by atoms with Crippen LogP contribution in [0.3, 0.4) is 0 Å². The number of piperidine rings is 1. The molecule has 0 aromatic carbocycles. The summed E-state index contributed by atoms with van der Waals surface area (Å²) in [6.45, 7) is 4.20. The molecule has 4 N–H and O–H groups in total. The van der Waals surface area contributed by atoms with Gasteiger partial charge in [0.15, 0.2) is 6.10 Å². The number of urea groups is 1. The van der Waals surface area contributed by atoms with E-state index in [-0.39, 0.29) is 5.92 Å². The lowest BCUT2D eigenvalue weighted by Crippen LogP contribution is -2.47. The molecule has 11 heteroatoms. The second-order valence-corrected chi connectivity index (χ2v) is 7.18. The van der Waals surface area contributed by atoms with E-state index in [4.69, 9.17) is 10.5 Å². The molecule has 160 valence electrons. The summed E-state index contributed by atoms with van der Waals surface area (Å²) in [5.74, 6) is -1.63. The number of hydrogen-bond donors (Lipinski definition) is 2. The smallest absolute Gasteiger partial charge is 0.419 e. The van der Waals surface area contributed by atoms with E-state index < -0.39 is 41.7 Å². The van der Waals surface area contributed by atoms with Crippen molar-refractivity contribution in [3.63, 3.8) is 0 Å². The summed E-state index contributed by atoms with van der Waals surface area (Å²) >= 11 is 0. The van der Waals surface area contributed by atoms with E-state index in [2.05, 4.69) is 4.98 Å². The number of ether oxygens (including phenoxy) is 1. The molecule has 1 atom stereocenters. The maximum atomic E-state index is 12.7. The van der Waals surface area contributed by atoms with Crippen LogP contribution in [0.15, 0.2) is 18.3 Å². The molecule has 0 aliphatic carbocycles. The average Bonchev–Trinajstić information content (AvgIpc) is 2.64. The highest BCUT2D eigenvalue weighted by molar-refractivity contribution is 5.96. The Hall–Kier alpha value is -2.85. The van der Waals surface area contributed by atoms with Gasteiger partial charge in [-0.15, -0.1) is 0 Å². The van der Waals surface area contributed by atoms with Crippen molar-refractivity contribution in [1.29, 1.82) is 0 Å². The van der Waals surface area contributed by atoms with Crippen molar-refractivity contribution in [3.8, 4) is 0 Å². The molecular weight excluding hydrogens is 393 g/mol. The first kappa shape index (κ1) is 22.4. The average molecular weight is 417 g/mol. The minimum absolute atomic E-state index is 0.361. The Balaban J connectivity index is 1.93. The Bertz CT molecular complexity index is 744. The van der Waals surface area contributed by atoms with Crippen LogP contribution in [-0.2, 0) is 20.5 Å². The molecule has 0 saturated carbocycles. The first-order chi connectivity index (χ1) is 13.5. The fourth-order valence-corrected chi connectivity index (χ4v) is 3.05. The van der Waals surface area contributed by atoms with E-state index in [0.717, 1.165) is 12.3 Å². The Morgan fingerprint density at radius 2 is 1.86 bits per heavy atom. The summed E-state index contributed by atoms with van der Waals surface area (Å²) in [7, 11) is 0. The molecule has 1 fully saturated rings. The fraction of sp³-hybridized carbons (Fsp3) is 0.556. The van der Waals surface area contributed by atoms with Gasteiger partial charge in [0, 0.05) is 6.07 Å². The van der Waals surface area contributed by atoms with Gasteiger partial charge in [-0.25, -0.2) is 9.78 Å². The first-order valence-electron chi connectivity index (χ1n) is 9.13. The van der Waals surface area contributed by atoms with Crippen molar-refractivity contribution >= 4 is 23.7 Å². The van der Waals surface area contributed by atoms with Crippen LogP contribution >= 0.6 is 0 Å². The maximum absolute atomic E-state index is 12.7. The van der Waals surface area contributed by atoms with Crippen LogP contribution in [0.4, 0.5) is 23.8 Å². The van der Waals surface area contributed by atoms with Gasteiger partial charge in [0.1, 0.15) is 6.20 Å². The minimum atomic E-state index is -4.42. The van der Waals surface area contributed by atoms with Crippen molar-refractivity contribution in [1.82, 2.24) is 5.32 Å². The number of carbonyl (C=O) groups excluding carboxylic acids is 3. The highest BCUT2D eigenvalue weighted by Gasteiger charge is 2.35. The SMILES string of the molecule is CC(C)[C@@H](OC(=O)C1CCN(c2ccc(C(F)(F)F)c[nH+]2)CC1)C(=O)NC(N)=O. The zero-order valence-corrected chi connectivity index (χ0v) is 16.1. The summed E-state index contributed by atoms with van der Waals surface area (Å²) in [4.78, 5) is 39.7. The Kier molecular flexibility index (Phi) is 7.04. The maximum Gasteiger partial charge on any atom is 0.419 e. The van der Waals surface area contributed by atoms with Gasteiger partial charge in [-0.05, 0) is 24.8 Å². The number of anilines is 1. The fourth-order valence-electron chi connectivity index (χ4n) is 3.05. The molecule has 0 radical (unpaired) electrons. The molecule has 0 spiro atoms. The Labute approximate surface area is 165 Å². The standard InChI is InChI=1S/C18H23F3N4O4/c1-10(2)14(15(26)24-17(22)28)29-16(27)11-5-7-25(8-6-11)13-4-3-12(9-23-13)18(19,20)21/h3-4,9-11,14H,5-8H2,1-2H3,(H3,22,24,26,28)/p+1/t14-/m1/s1. The van der Waals surface area contributed by atoms with Crippen LogP contribution in [0.25, 0.3) is 0 Å². The molecule has 2 rings (SSSR count). The predicted molar refractivity (Wildman–Crippen MR) is 95.4 cm³/mol. The second kappa shape index (κ2) is 9.10. The van der Waals surface area contributed by atoms with Crippen LogP contribution in [-0.4, -0.2) is 37.1 Å². The monoisotopic (exact) mass is 417 g/mol. The number of aromatic nitrogens is 1. The van der Waals surface area contributed by atoms with Gasteiger partial charge < -0.3 is 10.5 Å². The van der Waals surface area contributed by atoms with Crippen LogP contribution in [0.1, 0.15) is 32.3 Å². The zero-order chi connectivity index (χ0) is 21.8. The number of rotatable bonds is 5. The van der Waals surface area contributed by atoms with Crippen molar-refractivity contribution in [2.24, 2.45) is 17.6 Å². The van der Waals surface area contributed by atoms with Gasteiger partial charge in [0.05, 0.1) is 24.6 Å². The van der Waals surface area contributed by atoms with Gasteiger partial charge in [0.2, 0.25) is 0 Å². The summed E-state index contributed by atoms with van der Waals surface area (Å²) in [6.07, 6.45) is -3.83. The van der Waals surface area contributed by atoms with E-state index >= 15 is 0 Å². The molecule has 2 heterocycles. The topological polar surface area (TPSA) is 116 Å². The van der Waals surface area contributed by atoms with Crippen LogP contribution < -0.4 is 20.9 Å². The number of nitrogens with one attached hydrogen (secondary N) is 2. The van der Waals surface area contributed by atoms with Gasteiger partial charge in [-0.2, -0.15) is 13.2 Å². The van der Waals surface area contributed by atoms with Crippen molar-refractivity contribution in [2.75, 3.05) is 18.0 Å². The molecule has 29 heavy (non-hydrogen) atoms. The molecule has 0 unspecified atom stereocenters. The quantitative estimate of drug-likeness (QED) is 0.705. The number of alkyl halides is 3. The largest absolute Gasteiger partial charge is 0.452 e. The number of nitrogens with two attached hydrogens (primary N) is 1. The minimum Gasteiger partial charge on any atom is -0.452 e. The normalized spacial score (nSPS) is 16.4. The van der Waals surface area contributed by atoms with Gasteiger partial charge in [-0.1, -0.05) is 13.8 Å². The molecular formula is C18H24F3N4O4+. The van der Waals surface area contributed by atoms with Crippen LogP contribution in [0, 0.1) is 11.8 Å². The van der Waals surface area contributed by atoms with E-state index in [1.807, 2.05) is 10.2 Å². The van der Waals surface area contributed by atoms with Crippen LogP contribution in [0.2, 0.25) is 0 Å². The van der Waals surface area contributed by atoms with Crippen LogP contribution in [0.5, 0.6) is 0 Å². The molecule has 1 aromatic heterocycles. The number of nitrogens with zero attached hydrogens (tertiary/aromatic N) is 1. The molecule has 1 saturated heterocycles. The third kappa shape index (κ3) is 6.06. The number of aromatic amines is 1. The van der Waals surface area contributed by atoms with E-state index in [1.165, 1.54) is 6.07 Å². The first-order valence-corrected chi connectivity index (χ1v) is 9.13. The number of pyridine rings is 1. The number of esters is 1. The number of amides is 3. The number of carbonyl (C=O) groups is 3. The van der Waals surface area contributed by atoms with E-state index in [1.54, 1.807) is 13.8 Å². The number of H-pyrrole nitrogens is 1. The summed E-state index contributed by atoms with van der Waals surface area (Å²) in [5.41, 5.74) is 4.16. The molecule has 1 aliphatic heterocycles. The van der Waals surface area contributed by atoms with Crippen molar-refractivity contribution in [3.05, 3.63) is 23.9 Å². The molecule has 0 bridgehead atoms. The Morgan fingerprint density at radius 3 is 2.31 bits per heavy atom. The number of imide groups is 1. The lowest BCUT2D eigenvalue weighted by atomic mass is 9.96. The molecule has 1 aromatic rings.